The molecule has 2 aliphatic rings. The lowest BCUT2D eigenvalue weighted by molar-refractivity contribution is -0.0138. The summed E-state index contributed by atoms with van der Waals surface area (Å²) in [6, 6.07) is 0.361. The van der Waals surface area contributed by atoms with Gasteiger partial charge < -0.3 is 10.1 Å². The zero-order valence-electron chi connectivity index (χ0n) is 13.4. The largest absolute Gasteiger partial charge is 0.377 e. The highest BCUT2D eigenvalue weighted by atomic mass is 32.2. The van der Waals surface area contributed by atoms with E-state index in [1.165, 1.54) is 19.1 Å². The number of likely N-dealkylation sites (N-methyl/N-ethyl adjacent to an activating group) is 1. The van der Waals surface area contributed by atoms with Crippen LogP contribution in [0.5, 0.6) is 0 Å². The van der Waals surface area contributed by atoms with Crippen LogP contribution in [0.4, 0.5) is 0 Å². The van der Waals surface area contributed by atoms with Gasteiger partial charge in [-0.3, -0.25) is 0 Å². The van der Waals surface area contributed by atoms with Gasteiger partial charge in [-0.1, -0.05) is 6.92 Å². The van der Waals surface area contributed by atoms with Crippen LogP contribution >= 0.6 is 0 Å². The van der Waals surface area contributed by atoms with Crippen molar-refractivity contribution in [2.24, 2.45) is 5.92 Å². The van der Waals surface area contributed by atoms with Gasteiger partial charge in [0, 0.05) is 25.7 Å². The fraction of sp³-hybridized carbons (Fsp3) is 1.00. The molecule has 0 aliphatic carbocycles. The van der Waals surface area contributed by atoms with Gasteiger partial charge in [-0.05, 0) is 51.0 Å². The highest BCUT2D eigenvalue weighted by Gasteiger charge is 2.31. The second-order valence-electron chi connectivity index (χ2n) is 6.43. The Balaban J connectivity index is 1.92. The van der Waals surface area contributed by atoms with E-state index >= 15 is 0 Å². The van der Waals surface area contributed by atoms with Gasteiger partial charge in [0.25, 0.3) is 0 Å². The van der Waals surface area contributed by atoms with Crippen LogP contribution in [-0.2, 0) is 14.8 Å². The maximum Gasteiger partial charge on any atom is 0.211 e. The zero-order valence-corrected chi connectivity index (χ0v) is 14.2. The monoisotopic (exact) mass is 318 g/mol. The Morgan fingerprint density at radius 1 is 1.29 bits per heavy atom. The predicted octanol–water partition coefficient (Wildman–Crippen LogP) is 1.60. The normalized spacial score (nSPS) is 30.2. The van der Waals surface area contributed by atoms with Crippen LogP contribution in [0.25, 0.3) is 0 Å². The third-order valence-corrected chi connectivity index (χ3v) is 5.94. The van der Waals surface area contributed by atoms with Crippen molar-refractivity contribution in [1.82, 2.24) is 9.62 Å². The number of ether oxygens (including phenoxy) is 1. The molecule has 2 rings (SSSR count). The van der Waals surface area contributed by atoms with Crippen LogP contribution in [-0.4, -0.2) is 57.4 Å². The number of rotatable bonds is 6. The second kappa shape index (κ2) is 7.90. The summed E-state index contributed by atoms with van der Waals surface area (Å²) in [6.45, 7) is 5.29. The van der Waals surface area contributed by atoms with Crippen molar-refractivity contribution < 1.29 is 13.2 Å². The minimum atomic E-state index is -3.05. The molecule has 0 radical (unpaired) electrons. The molecule has 0 aromatic rings. The quantitative estimate of drug-likeness (QED) is 0.808. The number of hydrogen-bond acceptors (Lipinski definition) is 4. The minimum absolute atomic E-state index is 0.298. The number of nitrogens with zero attached hydrogens (tertiary/aromatic N) is 1. The second-order valence-corrected chi connectivity index (χ2v) is 8.42. The molecule has 0 amide bonds. The number of sulfonamides is 1. The smallest absolute Gasteiger partial charge is 0.211 e. The Kier molecular flexibility index (Phi) is 6.47. The summed E-state index contributed by atoms with van der Waals surface area (Å²) < 4.78 is 31.0. The third-order valence-electron chi connectivity index (χ3n) is 4.67. The fourth-order valence-corrected chi connectivity index (χ4v) is 4.53. The molecule has 3 atom stereocenters. The molecule has 0 saturated carbocycles. The van der Waals surface area contributed by atoms with Gasteiger partial charge in [0.1, 0.15) is 0 Å². The van der Waals surface area contributed by atoms with Crippen molar-refractivity contribution in [3.63, 3.8) is 0 Å². The molecule has 0 aromatic heterocycles. The molecule has 5 nitrogen and oxygen atoms in total. The van der Waals surface area contributed by atoms with Gasteiger partial charge in [-0.25, -0.2) is 12.7 Å². The minimum Gasteiger partial charge on any atom is -0.377 e. The number of hydrogen-bond donors (Lipinski definition) is 1. The standard InChI is InChI=1S/C15H30N2O3S/c1-3-16-14(15-8-4-5-10-20-15)11-13-7-6-9-17(12-13)21(2,18)19/h13-16H,3-12H2,1-2H3. The molecule has 6 heteroatoms. The molecule has 2 fully saturated rings. The van der Waals surface area contributed by atoms with E-state index < -0.39 is 10.0 Å². The Bertz CT molecular complexity index is 407. The van der Waals surface area contributed by atoms with Gasteiger partial charge in [0.05, 0.1) is 12.4 Å². The number of piperidine rings is 1. The van der Waals surface area contributed by atoms with Crippen LogP contribution in [0.3, 0.4) is 0 Å². The van der Waals surface area contributed by atoms with E-state index in [-0.39, 0.29) is 0 Å². The average molecular weight is 318 g/mol. The first-order valence-corrected chi connectivity index (χ1v) is 10.2. The van der Waals surface area contributed by atoms with Crippen molar-refractivity contribution in [3.05, 3.63) is 0 Å². The van der Waals surface area contributed by atoms with Crippen LogP contribution < -0.4 is 5.32 Å². The van der Waals surface area contributed by atoms with Gasteiger partial charge >= 0.3 is 0 Å². The van der Waals surface area contributed by atoms with Crippen molar-refractivity contribution in [2.75, 3.05) is 32.5 Å². The summed E-state index contributed by atoms with van der Waals surface area (Å²) in [4.78, 5) is 0. The predicted molar refractivity (Wildman–Crippen MR) is 84.8 cm³/mol. The third kappa shape index (κ3) is 5.20. The molecule has 1 N–H and O–H groups in total. The zero-order chi connectivity index (χ0) is 15.3. The molecule has 124 valence electrons. The Labute approximate surface area is 129 Å². The van der Waals surface area contributed by atoms with E-state index in [1.54, 1.807) is 4.31 Å². The summed E-state index contributed by atoms with van der Waals surface area (Å²) in [7, 11) is -3.05. The highest BCUT2D eigenvalue weighted by molar-refractivity contribution is 7.88. The van der Waals surface area contributed by atoms with Crippen molar-refractivity contribution in [2.45, 2.75) is 57.6 Å². The highest BCUT2D eigenvalue weighted by Crippen LogP contribution is 2.26. The molecular weight excluding hydrogens is 288 g/mol. The topological polar surface area (TPSA) is 58.6 Å². The van der Waals surface area contributed by atoms with Gasteiger partial charge in [0.15, 0.2) is 0 Å². The van der Waals surface area contributed by atoms with Crippen molar-refractivity contribution in [1.29, 1.82) is 0 Å². The summed E-state index contributed by atoms with van der Waals surface area (Å²) in [5, 5.41) is 3.56. The van der Waals surface area contributed by atoms with Gasteiger partial charge in [-0.15, -0.1) is 0 Å². The van der Waals surface area contributed by atoms with E-state index in [0.29, 0.717) is 31.2 Å². The lowest BCUT2D eigenvalue weighted by atomic mass is 9.88. The summed E-state index contributed by atoms with van der Waals surface area (Å²) in [5.41, 5.74) is 0. The molecule has 21 heavy (non-hydrogen) atoms. The molecule has 0 bridgehead atoms. The van der Waals surface area contributed by atoms with E-state index in [4.69, 9.17) is 4.74 Å². The first-order valence-electron chi connectivity index (χ1n) is 8.30. The van der Waals surface area contributed by atoms with Gasteiger partial charge in [-0.2, -0.15) is 0 Å². The molecule has 2 saturated heterocycles. The molecule has 0 spiro atoms. The number of nitrogens with one attached hydrogen (secondary N) is 1. The maximum atomic E-state index is 11.7. The van der Waals surface area contributed by atoms with E-state index in [1.807, 2.05) is 0 Å². The van der Waals surface area contributed by atoms with Crippen molar-refractivity contribution >= 4 is 10.0 Å². The maximum absolute atomic E-state index is 11.7. The van der Waals surface area contributed by atoms with Crippen LogP contribution in [0.1, 0.15) is 45.4 Å². The van der Waals surface area contributed by atoms with Crippen LogP contribution in [0.15, 0.2) is 0 Å². The average Bonchev–Trinajstić information content (AvgIpc) is 2.47. The Morgan fingerprint density at radius 3 is 2.71 bits per heavy atom. The molecule has 2 aliphatic heterocycles. The van der Waals surface area contributed by atoms with Crippen LogP contribution in [0, 0.1) is 5.92 Å². The summed E-state index contributed by atoms with van der Waals surface area (Å²) >= 11 is 0. The molecule has 2 heterocycles. The van der Waals surface area contributed by atoms with E-state index in [2.05, 4.69) is 12.2 Å². The van der Waals surface area contributed by atoms with E-state index in [9.17, 15) is 8.42 Å². The first-order chi connectivity index (χ1) is 10.0. The lowest BCUT2D eigenvalue weighted by Gasteiger charge is -2.36. The van der Waals surface area contributed by atoms with Gasteiger partial charge in [0.2, 0.25) is 10.0 Å². The Hall–Kier alpha value is -0.170. The molecule has 0 aromatic carbocycles. The SMILES string of the molecule is CCNC(CC1CCCN(S(C)(=O)=O)C1)C1CCCCO1. The van der Waals surface area contributed by atoms with E-state index in [0.717, 1.165) is 38.8 Å². The Morgan fingerprint density at radius 2 is 2.10 bits per heavy atom. The summed E-state index contributed by atoms with van der Waals surface area (Å²) in [5.74, 6) is 0.447. The fourth-order valence-electron chi connectivity index (χ4n) is 3.59. The lowest BCUT2D eigenvalue weighted by Crippen LogP contribution is -2.47. The van der Waals surface area contributed by atoms with Crippen LogP contribution in [0.2, 0.25) is 0 Å². The molecular formula is C15H30N2O3S. The molecule has 3 unspecified atom stereocenters. The first kappa shape index (κ1) is 17.2. The summed E-state index contributed by atoms with van der Waals surface area (Å²) in [6.07, 6.45) is 8.27. The van der Waals surface area contributed by atoms with Crippen molar-refractivity contribution in [3.8, 4) is 0 Å².